The van der Waals surface area contributed by atoms with Crippen molar-refractivity contribution in [2.45, 2.75) is 51.0 Å². The van der Waals surface area contributed by atoms with Gasteiger partial charge in [-0.3, -0.25) is 0 Å². The first-order valence-electron chi connectivity index (χ1n) is 7.67. The lowest BCUT2D eigenvalue weighted by Crippen LogP contribution is -2.43. The van der Waals surface area contributed by atoms with Gasteiger partial charge < -0.3 is 15.4 Å². The fourth-order valence-electron chi connectivity index (χ4n) is 2.67. The highest BCUT2D eigenvalue weighted by Crippen LogP contribution is 2.39. The van der Waals surface area contributed by atoms with Crippen molar-refractivity contribution in [2.75, 3.05) is 30.4 Å². The smallest absolute Gasteiger partial charge is 0.136 e. The molecule has 5 heteroatoms. The molecule has 1 saturated carbocycles. The second-order valence-electron chi connectivity index (χ2n) is 6.14. The molecule has 110 valence electrons. The highest BCUT2D eigenvalue weighted by atomic mass is 16.5. The van der Waals surface area contributed by atoms with Gasteiger partial charge in [-0.05, 0) is 39.5 Å². The Balaban J connectivity index is 1.80. The number of nitrogens with one attached hydrogen (secondary N) is 2. The fraction of sp³-hybridized carbons (Fsp3) is 0.733. The summed E-state index contributed by atoms with van der Waals surface area (Å²) >= 11 is 0. The van der Waals surface area contributed by atoms with Crippen molar-refractivity contribution in [3.63, 3.8) is 0 Å². The molecule has 1 aromatic heterocycles. The molecule has 0 bridgehead atoms. The molecule has 0 amide bonds. The maximum Gasteiger partial charge on any atom is 0.136 e. The predicted molar refractivity (Wildman–Crippen MR) is 80.3 cm³/mol. The summed E-state index contributed by atoms with van der Waals surface area (Å²) in [5, 5.41) is 6.86. The van der Waals surface area contributed by atoms with E-state index in [0.29, 0.717) is 5.92 Å². The minimum absolute atomic E-state index is 0.0170. The van der Waals surface area contributed by atoms with Crippen molar-refractivity contribution in [3.05, 3.63) is 11.9 Å². The van der Waals surface area contributed by atoms with E-state index in [1.54, 1.807) is 0 Å². The summed E-state index contributed by atoms with van der Waals surface area (Å²) in [6, 6.07) is 2.01. The summed E-state index contributed by atoms with van der Waals surface area (Å²) in [4.78, 5) is 9.31. The van der Waals surface area contributed by atoms with Crippen LogP contribution in [0.2, 0.25) is 0 Å². The molecule has 20 heavy (non-hydrogen) atoms. The number of nitrogens with zero attached hydrogens (tertiary/aromatic N) is 2. The zero-order valence-electron chi connectivity index (χ0n) is 12.4. The monoisotopic (exact) mass is 276 g/mol. The molecule has 1 aliphatic carbocycles. The Kier molecular flexibility index (Phi) is 3.78. The van der Waals surface area contributed by atoms with Crippen molar-refractivity contribution >= 4 is 11.6 Å². The molecule has 1 aliphatic heterocycles. The van der Waals surface area contributed by atoms with Crippen molar-refractivity contribution in [1.82, 2.24) is 9.97 Å². The number of anilines is 2. The third-order valence-electron chi connectivity index (χ3n) is 3.91. The average molecular weight is 276 g/mol. The Bertz CT molecular complexity index is 467. The molecule has 2 heterocycles. The van der Waals surface area contributed by atoms with E-state index in [1.807, 2.05) is 6.07 Å². The fourth-order valence-corrected chi connectivity index (χ4v) is 2.67. The zero-order chi connectivity index (χ0) is 14.0. The molecule has 1 unspecified atom stereocenters. The summed E-state index contributed by atoms with van der Waals surface area (Å²) in [7, 11) is 0. The lowest BCUT2D eigenvalue weighted by Gasteiger charge is -2.34. The van der Waals surface area contributed by atoms with Gasteiger partial charge in [-0.15, -0.1) is 0 Å². The molecule has 0 aromatic carbocycles. The Morgan fingerprint density at radius 1 is 1.35 bits per heavy atom. The highest BCUT2D eigenvalue weighted by molar-refractivity contribution is 5.49. The molecule has 5 nitrogen and oxygen atoms in total. The van der Waals surface area contributed by atoms with Crippen LogP contribution in [0.1, 0.15) is 51.3 Å². The van der Waals surface area contributed by atoms with Gasteiger partial charge in [0.1, 0.15) is 17.5 Å². The van der Waals surface area contributed by atoms with E-state index < -0.39 is 0 Å². The molecular weight excluding hydrogens is 252 g/mol. The van der Waals surface area contributed by atoms with E-state index in [2.05, 4.69) is 29.5 Å². The van der Waals surface area contributed by atoms with Crippen molar-refractivity contribution in [2.24, 2.45) is 0 Å². The first-order chi connectivity index (χ1) is 9.68. The number of hydrogen-bond donors (Lipinski definition) is 2. The van der Waals surface area contributed by atoms with Crippen LogP contribution in [0, 0.1) is 0 Å². The third-order valence-corrected chi connectivity index (χ3v) is 3.91. The van der Waals surface area contributed by atoms with Gasteiger partial charge in [0.15, 0.2) is 0 Å². The molecular formula is C15H24N4O. The van der Waals surface area contributed by atoms with Crippen LogP contribution in [-0.4, -0.2) is 35.3 Å². The summed E-state index contributed by atoms with van der Waals surface area (Å²) < 4.78 is 5.60. The zero-order valence-corrected chi connectivity index (χ0v) is 12.4. The number of rotatable bonds is 5. The molecule has 0 spiro atoms. The Morgan fingerprint density at radius 2 is 2.15 bits per heavy atom. The van der Waals surface area contributed by atoms with Gasteiger partial charge in [0, 0.05) is 25.1 Å². The number of ether oxygens (including phenoxy) is 1. The van der Waals surface area contributed by atoms with E-state index in [1.165, 1.54) is 12.8 Å². The summed E-state index contributed by atoms with van der Waals surface area (Å²) in [5.41, 5.74) is -0.0170. The van der Waals surface area contributed by atoms with Crippen LogP contribution < -0.4 is 10.6 Å². The topological polar surface area (TPSA) is 59.1 Å². The minimum Gasteiger partial charge on any atom is -0.379 e. The highest BCUT2D eigenvalue weighted by Gasteiger charge is 2.30. The van der Waals surface area contributed by atoms with Gasteiger partial charge in [0.05, 0.1) is 12.1 Å². The second-order valence-corrected chi connectivity index (χ2v) is 6.14. The molecule has 1 atom stereocenters. The largest absolute Gasteiger partial charge is 0.379 e. The van der Waals surface area contributed by atoms with Gasteiger partial charge in [-0.2, -0.15) is 0 Å². The average Bonchev–Trinajstić information content (AvgIpc) is 3.23. The van der Waals surface area contributed by atoms with Crippen LogP contribution in [0.3, 0.4) is 0 Å². The quantitative estimate of drug-likeness (QED) is 0.866. The predicted octanol–water partition coefficient (Wildman–Crippen LogP) is 2.77. The van der Waals surface area contributed by atoms with E-state index in [0.717, 1.165) is 50.1 Å². The standard InChI is InChI=1S/C15H24N4O/c1-3-16-12-9-13(18-14(17-12)11-5-6-11)19-15(2)7-4-8-20-10-15/h9,11H,3-8,10H2,1-2H3,(H2,16,17,18,19). The van der Waals surface area contributed by atoms with Crippen molar-refractivity contribution < 1.29 is 4.74 Å². The Hall–Kier alpha value is -1.36. The molecule has 0 radical (unpaired) electrons. The molecule has 2 fully saturated rings. The minimum atomic E-state index is -0.0170. The van der Waals surface area contributed by atoms with Gasteiger partial charge in [-0.25, -0.2) is 9.97 Å². The van der Waals surface area contributed by atoms with Gasteiger partial charge in [0.2, 0.25) is 0 Å². The SMILES string of the molecule is CCNc1cc(NC2(C)CCCOC2)nc(C2CC2)n1. The molecule has 1 saturated heterocycles. The first-order valence-corrected chi connectivity index (χ1v) is 7.67. The summed E-state index contributed by atoms with van der Waals surface area (Å²) in [6.45, 7) is 6.78. The van der Waals surface area contributed by atoms with Crippen molar-refractivity contribution in [3.8, 4) is 0 Å². The van der Waals surface area contributed by atoms with Crippen LogP contribution in [0.4, 0.5) is 11.6 Å². The molecule has 2 aliphatic rings. The Morgan fingerprint density at radius 3 is 2.80 bits per heavy atom. The van der Waals surface area contributed by atoms with Crippen LogP contribution in [-0.2, 0) is 4.74 Å². The van der Waals surface area contributed by atoms with E-state index >= 15 is 0 Å². The summed E-state index contributed by atoms with van der Waals surface area (Å²) in [5.74, 6) is 3.38. The van der Waals surface area contributed by atoms with Crippen LogP contribution in [0.25, 0.3) is 0 Å². The maximum atomic E-state index is 5.60. The molecule has 3 rings (SSSR count). The number of hydrogen-bond acceptors (Lipinski definition) is 5. The lowest BCUT2D eigenvalue weighted by molar-refractivity contribution is 0.0539. The van der Waals surface area contributed by atoms with E-state index in [4.69, 9.17) is 9.72 Å². The van der Waals surface area contributed by atoms with E-state index in [9.17, 15) is 0 Å². The van der Waals surface area contributed by atoms with Gasteiger partial charge in [0.25, 0.3) is 0 Å². The van der Waals surface area contributed by atoms with Crippen LogP contribution >= 0.6 is 0 Å². The lowest BCUT2D eigenvalue weighted by atomic mass is 9.95. The van der Waals surface area contributed by atoms with Crippen LogP contribution in [0.15, 0.2) is 6.07 Å². The van der Waals surface area contributed by atoms with E-state index in [-0.39, 0.29) is 5.54 Å². The van der Waals surface area contributed by atoms with Crippen molar-refractivity contribution in [1.29, 1.82) is 0 Å². The summed E-state index contributed by atoms with van der Waals surface area (Å²) in [6.07, 6.45) is 4.65. The second kappa shape index (κ2) is 5.56. The molecule has 2 N–H and O–H groups in total. The molecule has 1 aromatic rings. The van der Waals surface area contributed by atoms with Gasteiger partial charge >= 0.3 is 0 Å². The van der Waals surface area contributed by atoms with Crippen LogP contribution in [0.5, 0.6) is 0 Å². The first kappa shape index (κ1) is 13.6. The number of aromatic nitrogens is 2. The normalized spacial score (nSPS) is 26.3. The maximum absolute atomic E-state index is 5.60. The Labute approximate surface area is 120 Å². The third kappa shape index (κ3) is 3.20. The van der Waals surface area contributed by atoms with Gasteiger partial charge in [-0.1, -0.05) is 0 Å².